The van der Waals surface area contributed by atoms with Gasteiger partial charge in [0.05, 0.1) is 6.04 Å². The van der Waals surface area contributed by atoms with Crippen LogP contribution in [0, 0.1) is 5.92 Å². The van der Waals surface area contributed by atoms with Crippen LogP contribution in [0.3, 0.4) is 0 Å². The standard InChI is InChI=1S/C15H26N4/c16-15-8-11-19(17-15)14-6-9-18(10-7-14)12-13-4-2-1-3-5-13/h8,11,13-14H,1-7,9-10,12H2,(H2,16,17). The van der Waals surface area contributed by atoms with E-state index in [1.165, 1.54) is 64.6 Å². The van der Waals surface area contributed by atoms with Gasteiger partial charge in [-0.2, -0.15) is 5.10 Å². The van der Waals surface area contributed by atoms with E-state index in [-0.39, 0.29) is 0 Å². The summed E-state index contributed by atoms with van der Waals surface area (Å²) in [6.45, 7) is 3.77. The second-order valence-electron chi connectivity index (χ2n) is 6.26. The summed E-state index contributed by atoms with van der Waals surface area (Å²) in [4.78, 5) is 2.67. The highest BCUT2D eigenvalue weighted by atomic mass is 15.3. The molecule has 1 aromatic heterocycles. The highest BCUT2D eigenvalue weighted by Crippen LogP contribution is 2.27. The van der Waals surface area contributed by atoms with E-state index in [2.05, 4.69) is 14.7 Å². The van der Waals surface area contributed by atoms with Gasteiger partial charge >= 0.3 is 0 Å². The van der Waals surface area contributed by atoms with Crippen LogP contribution in [0.2, 0.25) is 0 Å². The second kappa shape index (κ2) is 5.95. The third-order valence-corrected chi connectivity index (χ3v) is 4.80. The van der Waals surface area contributed by atoms with Crippen molar-refractivity contribution in [3.8, 4) is 0 Å². The largest absolute Gasteiger partial charge is 0.382 e. The van der Waals surface area contributed by atoms with Crippen LogP contribution in [0.5, 0.6) is 0 Å². The van der Waals surface area contributed by atoms with Crippen molar-refractivity contribution in [3.63, 3.8) is 0 Å². The summed E-state index contributed by atoms with van der Waals surface area (Å²) < 4.78 is 2.06. The first-order chi connectivity index (χ1) is 9.31. The topological polar surface area (TPSA) is 47.1 Å². The highest BCUT2D eigenvalue weighted by Gasteiger charge is 2.23. The molecule has 1 saturated carbocycles. The molecule has 0 bridgehead atoms. The molecule has 2 fully saturated rings. The molecule has 4 heteroatoms. The molecule has 2 aliphatic rings. The van der Waals surface area contributed by atoms with E-state index in [0.29, 0.717) is 11.9 Å². The van der Waals surface area contributed by atoms with Crippen LogP contribution in [0.1, 0.15) is 51.0 Å². The Morgan fingerprint density at radius 1 is 1.11 bits per heavy atom. The summed E-state index contributed by atoms with van der Waals surface area (Å²) in [6, 6.07) is 2.45. The monoisotopic (exact) mass is 262 g/mol. The van der Waals surface area contributed by atoms with Crippen LogP contribution in [0.25, 0.3) is 0 Å². The van der Waals surface area contributed by atoms with E-state index >= 15 is 0 Å². The molecule has 0 spiro atoms. The molecule has 0 amide bonds. The molecule has 0 atom stereocenters. The van der Waals surface area contributed by atoms with Gasteiger partial charge < -0.3 is 10.6 Å². The SMILES string of the molecule is Nc1ccn(C2CCN(CC3CCCCC3)CC2)n1. The number of anilines is 1. The molecule has 1 aliphatic heterocycles. The van der Waals surface area contributed by atoms with Gasteiger partial charge in [-0.3, -0.25) is 4.68 Å². The van der Waals surface area contributed by atoms with Gasteiger partial charge in [-0.05, 0) is 37.7 Å². The normalized spacial score (nSPS) is 23.8. The maximum Gasteiger partial charge on any atom is 0.145 e. The lowest BCUT2D eigenvalue weighted by molar-refractivity contribution is 0.144. The minimum Gasteiger partial charge on any atom is -0.382 e. The summed E-state index contributed by atoms with van der Waals surface area (Å²) in [5.41, 5.74) is 5.69. The Balaban J connectivity index is 1.46. The molecule has 2 N–H and O–H groups in total. The summed E-state index contributed by atoms with van der Waals surface area (Å²) >= 11 is 0. The van der Waals surface area contributed by atoms with E-state index < -0.39 is 0 Å². The fraction of sp³-hybridized carbons (Fsp3) is 0.800. The summed E-state index contributed by atoms with van der Waals surface area (Å²) in [5.74, 6) is 1.61. The molecule has 19 heavy (non-hydrogen) atoms. The van der Waals surface area contributed by atoms with Gasteiger partial charge in [0.25, 0.3) is 0 Å². The van der Waals surface area contributed by atoms with Crippen molar-refractivity contribution in [3.05, 3.63) is 12.3 Å². The van der Waals surface area contributed by atoms with Gasteiger partial charge in [-0.15, -0.1) is 0 Å². The predicted molar refractivity (Wildman–Crippen MR) is 77.9 cm³/mol. The summed E-state index contributed by atoms with van der Waals surface area (Å²) in [5, 5.41) is 4.35. The van der Waals surface area contributed by atoms with Crippen molar-refractivity contribution < 1.29 is 0 Å². The van der Waals surface area contributed by atoms with E-state index in [0.717, 1.165) is 5.92 Å². The van der Waals surface area contributed by atoms with Crippen molar-refractivity contribution in [2.24, 2.45) is 5.92 Å². The molecule has 1 saturated heterocycles. The summed E-state index contributed by atoms with van der Waals surface area (Å²) in [7, 11) is 0. The van der Waals surface area contributed by atoms with Crippen LogP contribution < -0.4 is 5.73 Å². The van der Waals surface area contributed by atoms with E-state index in [1.54, 1.807) is 0 Å². The number of hydrogen-bond acceptors (Lipinski definition) is 3. The lowest BCUT2D eigenvalue weighted by Crippen LogP contribution is -2.38. The number of hydrogen-bond donors (Lipinski definition) is 1. The molecular formula is C15H26N4. The fourth-order valence-electron chi connectivity index (χ4n) is 3.66. The van der Waals surface area contributed by atoms with E-state index in [1.807, 2.05) is 12.3 Å². The number of piperidine rings is 1. The third kappa shape index (κ3) is 3.30. The Morgan fingerprint density at radius 3 is 2.47 bits per heavy atom. The maximum atomic E-state index is 5.69. The molecule has 0 radical (unpaired) electrons. The lowest BCUT2D eigenvalue weighted by Gasteiger charge is -2.35. The van der Waals surface area contributed by atoms with Crippen molar-refractivity contribution >= 4 is 5.82 Å². The zero-order valence-corrected chi connectivity index (χ0v) is 11.8. The van der Waals surface area contributed by atoms with Crippen LogP contribution in [-0.2, 0) is 0 Å². The maximum absolute atomic E-state index is 5.69. The number of nitrogens with two attached hydrogens (primary N) is 1. The van der Waals surface area contributed by atoms with E-state index in [4.69, 9.17) is 5.73 Å². The number of rotatable bonds is 3. The minimum atomic E-state index is 0.555. The number of nitrogens with zero attached hydrogens (tertiary/aromatic N) is 3. The van der Waals surface area contributed by atoms with Crippen LogP contribution in [0.15, 0.2) is 12.3 Å². The van der Waals surface area contributed by atoms with Gasteiger partial charge in [0.1, 0.15) is 5.82 Å². The van der Waals surface area contributed by atoms with Crippen LogP contribution in [-0.4, -0.2) is 34.3 Å². The Morgan fingerprint density at radius 2 is 1.84 bits per heavy atom. The Bertz CT molecular complexity index is 387. The van der Waals surface area contributed by atoms with Gasteiger partial charge in [-0.1, -0.05) is 19.3 Å². The minimum absolute atomic E-state index is 0.555. The number of likely N-dealkylation sites (tertiary alicyclic amines) is 1. The summed E-state index contributed by atoms with van der Waals surface area (Å²) in [6.07, 6.45) is 11.7. The molecule has 1 aliphatic carbocycles. The molecule has 0 unspecified atom stereocenters. The zero-order chi connectivity index (χ0) is 13.1. The van der Waals surface area contributed by atoms with Crippen molar-refractivity contribution in [1.29, 1.82) is 0 Å². The number of nitrogen functional groups attached to an aromatic ring is 1. The fourth-order valence-corrected chi connectivity index (χ4v) is 3.66. The number of aromatic nitrogens is 2. The average Bonchev–Trinajstić information content (AvgIpc) is 2.87. The molecule has 106 valence electrons. The van der Waals surface area contributed by atoms with E-state index in [9.17, 15) is 0 Å². The molecule has 3 rings (SSSR count). The van der Waals surface area contributed by atoms with Crippen molar-refractivity contribution in [1.82, 2.24) is 14.7 Å². The first kappa shape index (κ1) is 13.0. The first-order valence-corrected chi connectivity index (χ1v) is 7.84. The molecular weight excluding hydrogens is 236 g/mol. The molecule has 1 aromatic rings. The van der Waals surface area contributed by atoms with Crippen LogP contribution >= 0.6 is 0 Å². The predicted octanol–water partition coefficient (Wildman–Crippen LogP) is 2.68. The van der Waals surface area contributed by atoms with Gasteiger partial charge in [0.15, 0.2) is 0 Å². The first-order valence-electron chi connectivity index (χ1n) is 7.84. The second-order valence-corrected chi connectivity index (χ2v) is 6.26. The van der Waals surface area contributed by atoms with Gasteiger partial charge in [0, 0.05) is 25.8 Å². The Kier molecular flexibility index (Phi) is 4.06. The molecule has 0 aromatic carbocycles. The zero-order valence-electron chi connectivity index (χ0n) is 11.8. The smallest absolute Gasteiger partial charge is 0.145 e. The Labute approximate surface area is 116 Å². The van der Waals surface area contributed by atoms with Crippen molar-refractivity contribution in [2.45, 2.75) is 51.0 Å². The Hall–Kier alpha value is -1.03. The van der Waals surface area contributed by atoms with Crippen molar-refractivity contribution in [2.75, 3.05) is 25.4 Å². The highest BCUT2D eigenvalue weighted by molar-refractivity contribution is 5.24. The quantitative estimate of drug-likeness (QED) is 0.911. The van der Waals surface area contributed by atoms with Crippen LogP contribution in [0.4, 0.5) is 5.82 Å². The molecule has 4 nitrogen and oxygen atoms in total. The van der Waals surface area contributed by atoms with Gasteiger partial charge in [-0.25, -0.2) is 0 Å². The lowest BCUT2D eigenvalue weighted by atomic mass is 9.88. The van der Waals surface area contributed by atoms with Gasteiger partial charge in [0.2, 0.25) is 0 Å². The third-order valence-electron chi connectivity index (χ3n) is 4.80. The average molecular weight is 262 g/mol. The molecule has 2 heterocycles.